The van der Waals surface area contributed by atoms with Gasteiger partial charge in [-0.3, -0.25) is 4.79 Å². The van der Waals surface area contributed by atoms with Gasteiger partial charge in [0.25, 0.3) is 5.89 Å². The molecule has 2 heterocycles. The lowest BCUT2D eigenvalue weighted by Gasteiger charge is -2.11. The van der Waals surface area contributed by atoms with Gasteiger partial charge in [0.2, 0.25) is 5.91 Å². The topological polar surface area (TPSA) is 90.3 Å². The summed E-state index contributed by atoms with van der Waals surface area (Å²) in [5.41, 5.74) is -1.22. The average molecular weight is 388 g/mol. The van der Waals surface area contributed by atoms with Gasteiger partial charge in [-0.15, -0.1) is 5.10 Å². The zero-order valence-corrected chi connectivity index (χ0v) is 13.5. The van der Waals surface area contributed by atoms with Crippen LogP contribution in [-0.4, -0.2) is 15.7 Å². The van der Waals surface area contributed by atoms with E-state index in [1.54, 1.807) is 6.07 Å². The number of aromatic nitrogens is 2. The average Bonchev–Trinajstić information content (AvgIpc) is 3.18. The van der Waals surface area contributed by atoms with Crippen molar-refractivity contribution in [2.75, 3.05) is 5.32 Å². The molecular formula is C15H9ClF3N3O4. The molecule has 1 aromatic carbocycles. The second-order valence-corrected chi connectivity index (χ2v) is 5.46. The molecule has 0 unspecified atom stereocenters. The molecule has 136 valence electrons. The molecule has 0 aliphatic heterocycles. The first kappa shape index (κ1) is 17.8. The predicted octanol–water partition coefficient (Wildman–Crippen LogP) is 3.41. The van der Waals surface area contributed by atoms with Crippen LogP contribution < -0.4 is 11.1 Å². The lowest BCUT2D eigenvalue weighted by atomic mass is 10.2. The number of hydrogen-bond acceptors (Lipinski definition) is 5. The van der Waals surface area contributed by atoms with Crippen LogP contribution in [0.5, 0.6) is 0 Å². The molecule has 26 heavy (non-hydrogen) atoms. The molecule has 2 aromatic heterocycles. The Bertz CT molecular complexity index is 992. The largest absolute Gasteiger partial charge is 0.459 e. The fourth-order valence-electron chi connectivity index (χ4n) is 2.06. The molecule has 0 aliphatic carbocycles. The molecule has 0 radical (unpaired) electrons. The maximum absolute atomic E-state index is 12.8. The number of anilines is 1. The highest BCUT2D eigenvalue weighted by atomic mass is 35.5. The third-order valence-corrected chi connectivity index (χ3v) is 3.52. The Labute approximate surface area is 148 Å². The molecule has 0 saturated heterocycles. The zero-order chi connectivity index (χ0) is 18.9. The molecule has 1 N–H and O–H groups in total. The number of hydrogen-bond donors (Lipinski definition) is 1. The summed E-state index contributed by atoms with van der Waals surface area (Å²) in [7, 11) is 0. The van der Waals surface area contributed by atoms with Gasteiger partial charge in [-0.25, -0.2) is 4.79 Å². The first-order valence-electron chi connectivity index (χ1n) is 7.02. The van der Waals surface area contributed by atoms with Crippen molar-refractivity contribution in [2.24, 2.45) is 0 Å². The predicted molar refractivity (Wildman–Crippen MR) is 83.5 cm³/mol. The van der Waals surface area contributed by atoms with Gasteiger partial charge >= 0.3 is 11.9 Å². The van der Waals surface area contributed by atoms with E-state index < -0.39 is 35.0 Å². The molecule has 1 amide bonds. The Morgan fingerprint density at radius 3 is 2.73 bits per heavy atom. The fourth-order valence-corrected chi connectivity index (χ4v) is 2.29. The third-order valence-electron chi connectivity index (χ3n) is 3.19. The third kappa shape index (κ3) is 3.80. The highest BCUT2D eigenvalue weighted by Crippen LogP contribution is 2.36. The number of carbonyl (C=O) groups is 1. The molecule has 0 atom stereocenters. The normalized spacial score (nSPS) is 11.5. The van der Waals surface area contributed by atoms with Crippen LogP contribution in [0.1, 0.15) is 5.56 Å². The Kier molecular flexibility index (Phi) is 4.60. The fraction of sp³-hybridized carbons (Fsp3) is 0.133. The Morgan fingerprint density at radius 1 is 1.31 bits per heavy atom. The van der Waals surface area contributed by atoms with Crippen LogP contribution in [0.3, 0.4) is 0 Å². The lowest BCUT2D eigenvalue weighted by molar-refractivity contribution is -0.137. The van der Waals surface area contributed by atoms with E-state index in [2.05, 4.69) is 10.4 Å². The highest BCUT2D eigenvalue weighted by Gasteiger charge is 2.33. The molecule has 0 bridgehead atoms. The van der Waals surface area contributed by atoms with Gasteiger partial charge in [0.15, 0.2) is 5.76 Å². The minimum absolute atomic E-state index is 0.126. The van der Waals surface area contributed by atoms with Crippen LogP contribution in [0.4, 0.5) is 18.9 Å². The monoisotopic (exact) mass is 387 g/mol. The van der Waals surface area contributed by atoms with Gasteiger partial charge in [0.1, 0.15) is 6.54 Å². The molecule has 0 fully saturated rings. The van der Waals surface area contributed by atoms with Gasteiger partial charge < -0.3 is 14.2 Å². The van der Waals surface area contributed by atoms with Crippen LogP contribution in [0, 0.1) is 0 Å². The quantitative estimate of drug-likeness (QED) is 0.741. The molecule has 11 heteroatoms. The van der Waals surface area contributed by atoms with Crippen molar-refractivity contribution < 1.29 is 26.8 Å². The molecule has 0 saturated carbocycles. The zero-order valence-electron chi connectivity index (χ0n) is 12.7. The van der Waals surface area contributed by atoms with Gasteiger partial charge in [-0.05, 0) is 30.3 Å². The first-order chi connectivity index (χ1) is 12.2. The van der Waals surface area contributed by atoms with Crippen molar-refractivity contribution in [3.8, 4) is 11.7 Å². The standard InChI is InChI=1S/C15H9ClF3N3O4/c16-10-4-3-8(6-9(10)15(17,18)19)20-12(23)7-22-14(24)26-13(21-22)11-2-1-5-25-11/h1-6H,7H2,(H,20,23). The van der Waals surface area contributed by atoms with Gasteiger partial charge in [-0.2, -0.15) is 17.9 Å². The van der Waals surface area contributed by atoms with Crippen molar-refractivity contribution in [1.82, 2.24) is 9.78 Å². The number of carbonyl (C=O) groups excluding carboxylic acids is 1. The number of amides is 1. The summed E-state index contributed by atoms with van der Waals surface area (Å²) in [6, 6.07) is 5.97. The highest BCUT2D eigenvalue weighted by molar-refractivity contribution is 6.31. The second kappa shape index (κ2) is 6.71. The summed E-state index contributed by atoms with van der Waals surface area (Å²) in [6.07, 6.45) is -3.32. The van der Waals surface area contributed by atoms with Crippen LogP contribution >= 0.6 is 11.6 Å². The van der Waals surface area contributed by atoms with Crippen molar-refractivity contribution in [1.29, 1.82) is 0 Å². The van der Waals surface area contributed by atoms with E-state index in [-0.39, 0.29) is 17.3 Å². The number of alkyl halides is 3. The van der Waals surface area contributed by atoms with Crippen molar-refractivity contribution >= 4 is 23.2 Å². The van der Waals surface area contributed by atoms with Gasteiger partial charge in [0, 0.05) is 5.69 Å². The number of nitrogens with zero attached hydrogens (tertiary/aromatic N) is 2. The summed E-state index contributed by atoms with van der Waals surface area (Å²) < 4.78 is 49.1. The van der Waals surface area contributed by atoms with E-state index in [1.165, 1.54) is 18.4 Å². The summed E-state index contributed by atoms with van der Waals surface area (Å²) in [5, 5.41) is 5.53. The Balaban J connectivity index is 1.75. The van der Waals surface area contributed by atoms with Crippen molar-refractivity contribution in [2.45, 2.75) is 12.7 Å². The van der Waals surface area contributed by atoms with E-state index in [1.807, 2.05) is 0 Å². The summed E-state index contributed by atoms with van der Waals surface area (Å²) >= 11 is 5.51. The van der Waals surface area contributed by atoms with E-state index >= 15 is 0 Å². The SMILES string of the molecule is O=C(Cn1nc(-c2ccco2)oc1=O)Nc1ccc(Cl)c(C(F)(F)F)c1. The van der Waals surface area contributed by atoms with E-state index in [9.17, 15) is 22.8 Å². The van der Waals surface area contributed by atoms with E-state index in [0.717, 1.165) is 6.07 Å². The maximum atomic E-state index is 12.8. The first-order valence-corrected chi connectivity index (χ1v) is 7.40. The molecule has 3 rings (SSSR count). The number of rotatable bonds is 4. The summed E-state index contributed by atoms with van der Waals surface area (Å²) in [6.45, 7) is -0.562. The summed E-state index contributed by atoms with van der Waals surface area (Å²) in [4.78, 5) is 23.7. The van der Waals surface area contributed by atoms with Crippen LogP contribution in [0.25, 0.3) is 11.7 Å². The van der Waals surface area contributed by atoms with E-state index in [0.29, 0.717) is 10.7 Å². The smallest absolute Gasteiger partial charge is 0.437 e. The minimum atomic E-state index is -4.67. The maximum Gasteiger partial charge on any atom is 0.437 e. The molecular weight excluding hydrogens is 379 g/mol. The minimum Gasteiger partial charge on any atom is -0.459 e. The van der Waals surface area contributed by atoms with Crippen LogP contribution in [0.15, 0.2) is 50.2 Å². The van der Waals surface area contributed by atoms with E-state index in [4.69, 9.17) is 20.4 Å². The number of furan rings is 1. The number of nitrogens with one attached hydrogen (secondary N) is 1. The van der Waals surface area contributed by atoms with Crippen molar-refractivity contribution in [3.63, 3.8) is 0 Å². The lowest BCUT2D eigenvalue weighted by Crippen LogP contribution is -2.26. The molecule has 7 nitrogen and oxygen atoms in total. The number of benzene rings is 1. The Hall–Kier alpha value is -3.01. The van der Waals surface area contributed by atoms with Crippen LogP contribution in [-0.2, 0) is 17.5 Å². The van der Waals surface area contributed by atoms with Crippen molar-refractivity contribution in [3.05, 3.63) is 57.7 Å². The van der Waals surface area contributed by atoms with Gasteiger partial charge in [-0.1, -0.05) is 11.6 Å². The number of halogens is 4. The van der Waals surface area contributed by atoms with Crippen LogP contribution in [0.2, 0.25) is 5.02 Å². The second-order valence-electron chi connectivity index (χ2n) is 5.05. The Morgan fingerprint density at radius 2 is 2.08 bits per heavy atom. The molecule has 3 aromatic rings. The molecule has 0 spiro atoms. The summed E-state index contributed by atoms with van der Waals surface area (Å²) in [5.74, 6) is -1.63. The van der Waals surface area contributed by atoms with Gasteiger partial charge in [0.05, 0.1) is 16.8 Å². The molecule has 0 aliphatic rings.